The lowest BCUT2D eigenvalue weighted by molar-refractivity contribution is -0.253. The Morgan fingerprint density at radius 3 is 2.10 bits per heavy atom. The maximum absolute atomic E-state index is 14.8. The fourth-order valence-corrected chi connectivity index (χ4v) is 4.51. The van der Waals surface area contributed by atoms with E-state index in [1.807, 2.05) is 0 Å². The average molecular weight is 588 g/mol. The molecule has 40 heavy (non-hydrogen) atoms. The third kappa shape index (κ3) is 8.47. The third-order valence-corrected chi connectivity index (χ3v) is 7.24. The number of nitrogens with one attached hydrogen (secondary N) is 1. The van der Waals surface area contributed by atoms with E-state index in [9.17, 15) is 30.6 Å². The number of benzene rings is 3. The molecule has 3 rings (SSSR count). The third-order valence-electron chi connectivity index (χ3n) is 5.63. The molecule has 0 unspecified atom stereocenters. The van der Waals surface area contributed by atoms with Crippen LogP contribution in [0.15, 0.2) is 60.7 Å². The van der Waals surface area contributed by atoms with Crippen LogP contribution in [0.5, 0.6) is 11.5 Å². The number of hydrogen-bond donors (Lipinski definition) is 1. The van der Waals surface area contributed by atoms with Crippen LogP contribution in [0.25, 0.3) is 11.1 Å². The van der Waals surface area contributed by atoms with Gasteiger partial charge >= 0.3 is 12.5 Å². The highest BCUT2D eigenvalue weighted by atomic mass is 32.2. The highest BCUT2D eigenvalue weighted by molar-refractivity contribution is 7.84. The molecule has 0 amide bonds. The van der Waals surface area contributed by atoms with Gasteiger partial charge < -0.3 is 9.47 Å². The highest BCUT2D eigenvalue weighted by Crippen LogP contribution is 2.32. The van der Waals surface area contributed by atoms with Gasteiger partial charge in [0.05, 0.1) is 21.8 Å². The summed E-state index contributed by atoms with van der Waals surface area (Å²) in [5.74, 6) is -2.15. The number of halogens is 6. The summed E-state index contributed by atoms with van der Waals surface area (Å²) in [6, 6.07) is 13.2. The Hall–Kier alpha value is -3.05. The highest BCUT2D eigenvalue weighted by Gasteiger charge is 2.44. The standard InChI is InChI=1S/C29H31F6NO3S/c1-17(2)38-26-11-10-20(15-24(26)31)25(36-40(37)28(3,4)5)12-18-6-8-19(9-7-18)21-13-22(30)16-23(14-21)39-29(34,35)27(32)33/h6-11,13-17,25,27,36H,12H2,1-5H3/t25-,40-/m1/s1. The summed E-state index contributed by atoms with van der Waals surface area (Å²) in [5, 5.41) is 0. The maximum atomic E-state index is 14.8. The van der Waals surface area contributed by atoms with Crippen molar-refractivity contribution in [1.82, 2.24) is 4.72 Å². The summed E-state index contributed by atoms with van der Waals surface area (Å²) in [5.41, 5.74) is 1.84. The van der Waals surface area contributed by atoms with E-state index in [1.165, 1.54) is 12.1 Å². The first kappa shape index (κ1) is 31.5. The molecule has 0 spiro atoms. The Balaban J connectivity index is 1.88. The van der Waals surface area contributed by atoms with E-state index >= 15 is 0 Å². The van der Waals surface area contributed by atoms with Crippen LogP contribution in [0, 0.1) is 11.6 Å². The molecule has 218 valence electrons. The molecule has 0 saturated carbocycles. The molecule has 0 aliphatic carbocycles. The molecule has 1 N–H and O–H groups in total. The zero-order chi connectivity index (χ0) is 29.8. The summed E-state index contributed by atoms with van der Waals surface area (Å²) >= 11 is 0. The van der Waals surface area contributed by atoms with Crippen molar-refractivity contribution in [3.8, 4) is 22.6 Å². The molecule has 11 heteroatoms. The smallest absolute Gasteiger partial charge is 0.461 e. The number of hydrogen-bond acceptors (Lipinski definition) is 3. The van der Waals surface area contributed by atoms with Crippen molar-refractivity contribution in [2.75, 3.05) is 0 Å². The Kier molecular flexibility index (Phi) is 9.94. The van der Waals surface area contributed by atoms with Gasteiger partial charge in [0.25, 0.3) is 0 Å². The summed E-state index contributed by atoms with van der Waals surface area (Å²) in [6.45, 7) is 8.97. The van der Waals surface area contributed by atoms with E-state index in [0.29, 0.717) is 23.6 Å². The molecule has 4 nitrogen and oxygen atoms in total. The second-order valence-corrected chi connectivity index (χ2v) is 12.4. The Labute approximate surface area is 232 Å². The molecule has 3 aromatic carbocycles. The van der Waals surface area contributed by atoms with Crippen LogP contribution in [0.4, 0.5) is 26.3 Å². The van der Waals surface area contributed by atoms with Gasteiger partial charge in [0.15, 0.2) is 11.6 Å². The van der Waals surface area contributed by atoms with E-state index < -0.39 is 51.7 Å². The molecule has 0 radical (unpaired) electrons. The normalized spacial score (nSPS) is 13.9. The minimum atomic E-state index is -4.78. The van der Waals surface area contributed by atoms with Crippen molar-refractivity contribution < 1.29 is 40.0 Å². The second-order valence-electron chi connectivity index (χ2n) is 10.4. The van der Waals surface area contributed by atoms with Crippen LogP contribution in [0.1, 0.15) is 51.8 Å². The first-order valence-electron chi connectivity index (χ1n) is 12.4. The van der Waals surface area contributed by atoms with Crippen molar-refractivity contribution >= 4 is 11.0 Å². The predicted octanol–water partition coefficient (Wildman–Crippen LogP) is 7.99. The molecule has 0 aliphatic rings. The zero-order valence-corrected chi connectivity index (χ0v) is 23.4. The van der Waals surface area contributed by atoms with Gasteiger partial charge in [-0.1, -0.05) is 30.3 Å². The zero-order valence-electron chi connectivity index (χ0n) is 22.6. The molecule has 0 fully saturated rings. The molecule has 0 heterocycles. The van der Waals surface area contributed by atoms with Gasteiger partial charge in [-0.05, 0) is 87.6 Å². The molecule has 3 aromatic rings. The van der Waals surface area contributed by atoms with Gasteiger partial charge in [-0.2, -0.15) is 17.6 Å². The van der Waals surface area contributed by atoms with E-state index in [0.717, 1.165) is 17.7 Å². The predicted molar refractivity (Wildman–Crippen MR) is 143 cm³/mol. The molecule has 0 saturated heterocycles. The largest absolute Gasteiger partial charge is 0.488 e. The quantitative estimate of drug-likeness (QED) is 0.231. The minimum absolute atomic E-state index is 0.101. The van der Waals surface area contributed by atoms with Gasteiger partial charge in [-0.15, -0.1) is 0 Å². The van der Waals surface area contributed by atoms with Crippen LogP contribution in [-0.2, 0) is 17.4 Å². The van der Waals surface area contributed by atoms with E-state index in [-0.39, 0.29) is 17.4 Å². The fourth-order valence-electron chi connectivity index (χ4n) is 3.68. The molecule has 0 bridgehead atoms. The maximum Gasteiger partial charge on any atom is 0.461 e. The number of rotatable bonds is 11. The van der Waals surface area contributed by atoms with Gasteiger partial charge in [0.2, 0.25) is 0 Å². The molecule has 0 aromatic heterocycles. The van der Waals surface area contributed by atoms with E-state index in [2.05, 4.69) is 9.46 Å². The van der Waals surface area contributed by atoms with Gasteiger partial charge in [0, 0.05) is 12.1 Å². The van der Waals surface area contributed by atoms with Crippen molar-refractivity contribution in [3.05, 3.63) is 83.4 Å². The summed E-state index contributed by atoms with van der Waals surface area (Å²) in [4.78, 5) is 0. The van der Waals surface area contributed by atoms with Gasteiger partial charge in [0.1, 0.15) is 11.6 Å². The van der Waals surface area contributed by atoms with Crippen molar-refractivity contribution in [2.24, 2.45) is 0 Å². The molecular formula is C29H31F6NO3S. The molecule has 2 atom stereocenters. The Morgan fingerprint density at radius 2 is 1.55 bits per heavy atom. The van der Waals surface area contributed by atoms with Crippen LogP contribution in [0.3, 0.4) is 0 Å². The Bertz CT molecular complexity index is 1330. The lowest BCUT2D eigenvalue weighted by Gasteiger charge is -2.25. The van der Waals surface area contributed by atoms with Gasteiger partial charge in [-0.25, -0.2) is 17.7 Å². The fraction of sp³-hybridized carbons (Fsp3) is 0.379. The van der Waals surface area contributed by atoms with Crippen molar-refractivity contribution in [3.63, 3.8) is 0 Å². The monoisotopic (exact) mass is 587 g/mol. The van der Waals surface area contributed by atoms with Crippen LogP contribution < -0.4 is 14.2 Å². The lowest BCUT2D eigenvalue weighted by atomic mass is 9.97. The second kappa shape index (κ2) is 12.6. The van der Waals surface area contributed by atoms with E-state index in [1.54, 1.807) is 65.0 Å². The summed E-state index contributed by atoms with van der Waals surface area (Å²) < 4.78 is 105. The Morgan fingerprint density at radius 1 is 0.900 bits per heavy atom. The topological polar surface area (TPSA) is 47.6 Å². The summed E-state index contributed by atoms with van der Waals surface area (Å²) in [7, 11) is -1.49. The minimum Gasteiger partial charge on any atom is -0.488 e. The lowest BCUT2D eigenvalue weighted by Crippen LogP contribution is -2.36. The first-order chi connectivity index (χ1) is 18.5. The van der Waals surface area contributed by atoms with Crippen LogP contribution in [-0.4, -0.2) is 27.6 Å². The molecular weight excluding hydrogens is 556 g/mol. The number of alkyl halides is 4. The van der Waals surface area contributed by atoms with Gasteiger partial charge in [-0.3, -0.25) is 0 Å². The average Bonchev–Trinajstić information content (AvgIpc) is 2.83. The number of ether oxygens (including phenoxy) is 2. The first-order valence-corrected chi connectivity index (χ1v) is 13.6. The molecule has 0 aliphatic heterocycles. The van der Waals surface area contributed by atoms with Crippen LogP contribution in [0.2, 0.25) is 0 Å². The van der Waals surface area contributed by atoms with Crippen molar-refractivity contribution in [1.29, 1.82) is 0 Å². The summed E-state index contributed by atoms with van der Waals surface area (Å²) in [6.07, 6.45) is -8.78. The SMILES string of the molecule is CC(C)Oc1ccc([C@@H](Cc2ccc(-c3cc(F)cc(OC(F)(F)C(F)F)c3)cc2)N[S@](=O)C(C)(C)C)cc1F. The van der Waals surface area contributed by atoms with Crippen molar-refractivity contribution in [2.45, 2.75) is 70.5 Å². The van der Waals surface area contributed by atoms with E-state index in [4.69, 9.17) is 4.74 Å². The van der Waals surface area contributed by atoms with Crippen LogP contribution >= 0.6 is 0 Å².